The van der Waals surface area contributed by atoms with Crippen molar-refractivity contribution in [2.75, 3.05) is 0 Å². The van der Waals surface area contributed by atoms with Crippen LogP contribution in [-0.2, 0) is 19.3 Å². The summed E-state index contributed by atoms with van der Waals surface area (Å²) >= 11 is 6.04. The molecule has 3 aromatic rings. The van der Waals surface area contributed by atoms with Gasteiger partial charge in [0, 0.05) is 12.7 Å². The molecule has 0 bridgehead atoms. The van der Waals surface area contributed by atoms with E-state index < -0.39 is 0 Å². The van der Waals surface area contributed by atoms with Crippen LogP contribution < -0.4 is 0 Å². The van der Waals surface area contributed by atoms with Gasteiger partial charge in [-0.05, 0) is 24.6 Å². The van der Waals surface area contributed by atoms with Crippen molar-refractivity contribution in [3.63, 3.8) is 0 Å². The minimum Gasteiger partial charge on any atom is -0.280 e. The van der Waals surface area contributed by atoms with Crippen molar-refractivity contribution >= 4 is 22.8 Å². The van der Waals surface area contributed by atoms with Gasteiger partial charge in [-0.25, -0.2) is 9.67 Å². The summed E-state index contributed by atoms with van der Waals surface area (Å²) in [5, 5.41) is 13.1. The Labute approximate surface area is 127 Å². The third-order valence-corrected chi connectivity index (χ3v) is 3.71. The van der Waals surface area contributed by atoms with Gasteiger partial charge in [0.25, 0.3) is 0 Å². The molecule has 21 heavy (non-hydrogen) atoms. The fourth-order valence-electron chi connectivity index (χ4n) is 2.53. The fraction of sp³-hybridized carbons (Fsp3) is 0.267. The molecule has 0 saturated heterocycles. The highest BCUT2D eigenvalue weighted by Gasteiger charge is 2.17. The Hall–Kier alpha value is -2.32. The minimum absolute atomic E-state index is 0.327. The second-order valence-electron chi connectivity index (χ2n) is 4.88. The summed E-state index contributed by atoms with van der Waals surface area (Å²) in [6.07, 6.45) is 0.410. The Kier molecular flexibility index (Phi) is 3.40. The number of hydrogen-bond donors (Lipinski definition) is 0. The van der Waals surface area contributed by atoms with Gasteiger partial charge in [0.15, 0.2) is 5.65 Å². The molecule has 0 N–H and O–H groups in total. The van der Waals surface area contributed by atoms with Crippen molar-refractivity contribution in [1.82, 2.24) is 19.3 Å². The zero-order valence-electron chi connectivity index (χ0n) is 11.8. The third-order valence-electron chi connectivity index (χ3n) is 3.47. The molecule has 0 fully saturated rings. The summed E-state index contributed by atoms with van der Waals surface area (Å²) in [7, 11) is 1.90. The number of nitriles is 1. The molecule has 0 amide bonds. The quantitative estimate of drug-likeness (QED) is 0.699. The van der Waals surface area contributed by atoms with Crippen LogP contribution in [0.2, 0.25) is 0 Å². The molecule has 6 heteroatoms. The first-order valence-electron chi connectivity index (χ1n) is 6.59. The molecule has 0 aliphatic carbocycles. The van der Waals surface area contributed by atoms with Gasteiger partial charge in [-0.15, -0.1) is 11.6 Å². The molecule has 0 aliphatic rings. The van der Waals surface area contributed by atoms with E-state index in [2.05, 4.69) is 16.2 Å². The van der Waals surface area contributed by atoms with Crippen LogP contribution in [0.4, 0.5) is 0 Å². The first-order valence-corrected chi connectivity index (χ1v) is 7.12. The molecule has 0 aliphatic heterocycles. The van der Waals surface area contributed by atoms with E-state index in [4.69, 9.17) is 16.9 Å². The van der Waals surface area contributed by atoms with Crippen LogP contribution in [-0.4, -0.2) is 19.3 Å². The lowest BCUT2D eigenvalue weighted by Crippen LogP contribution is -2.04. The summed E-state index contributed by atoms with van der Waals surface area (Å²) in [6.45, 7) is 1.94. The highest BCUT2D eigenvalue weighted by atomic mass is 35.5. The molecule has 0 radical (unpaired) electrons. The van der Waals surface area contributed by atoms with E-state index in [1.54, 1.807) is 0 Å². The number of fused-ring (bicyclic) bond motifs is 1. The highest BCUT2D eigenvalue weighted by Crippen LogP contribution is 2.24. The number of nitrogens with zero attached hydrogens (tertiary/aromatic N) is 5. The summed E-state index contributed by atoms with van der Waals surface area (Å²) < 4.78 is 3.83. The van der Waals surface area contributed by atoms with Gasteiger partial charge in [-0.1, -0.05) is 12.1 Å². The van der Waals surface area contributed by atoms with Gasteiger partial charge < -0.3 is 0 Å². The Bertz CT molecular complexity index is 836. The predicted octanol–water partition coefficient (Wildman–Crippen LogP) is 2.87. The molecular weight excluding hydrogens is 286 g/mol. The van der Waals surface area contributed by atoms with Crippen LogP contribution in [0.25, 0.3) is 16.9 Å². The maximum Gasteiger partial charge on any atom is 0.163 e. The SMILES string of the molecule is Cc1nn(C)c2c1nc(CCl)n2-c1ccc(CC#N)cc1. The smallest absolute Gasteiger partial charge is 0.163 e. The zero-order valence-corrected chi connectivity index (χ0v) is 12.6. The van der Waals surface area contributed by atoms with E-state index in [-0.39, 0.29) is 0 Å². The summed E-state index contributed by atoms with van der Waals surface area (Å²) in [6, 6.07) is 10.0. The Morgan fingerprint density at radius 1 is 1.29 bits per heavy atom. The van der Waals surface area contributed by atoms with E-state index >= 15 is 0 Å². The second-order valence-corrected chi connectivity index (χ2v) is 5.15. The molecular formula is C15H14ClN5. The van der Waals surface area contributed by atoms with E-state index in [1.807, 2.05) is 47.5 Å². The molecule has 3 rings (SSSR count). The normalized spacial score (nSPS) is 11.0. The van der Waals surface area contributed by atoms with Crippen molar-refractivity contribution in [2.24, 2.45) is 7.05 Å². The average molecular weight is 300 g/mol. The fourth-order valence-corrected chi connectivity index (χ4v) is 2.71. The second kappa shape index (κ2) is 5.23. The van der Waals surface area contributed by atoms with Crippen LogP contribution in [0.3, 0.4) is 0 Å². The van der Waals surface area contributed by atoms with Gasteiger partial charge in [0.2, 0.25) is 0 Å². The first kappa shape index (κ1) is 13.7. The number of alkyl halides is 1. The van der Waals surface area contributed by atoms with Gasteiger partial charge in [0.1, 0.15) is 11.3 Å². The largest absolute Gasteiger partial charge is 0.280 e. The van der Waals surface area contributed by atoms with Crippen LogP contribution in [0.5, 0.6) is 0 Å². The summed E-state index contributed by atoms with van der Waals surface area (Å²) in [5.41, 5.74) is 4.65. The van der Waals surface area contributed by atoms with Gasteiger partial charge in [-0.3, -0.25) is 4.57 Å². The number of halogens is 1. The van der Waals surface area contributed by atoms with E-state index in [1.165, 1.54) is 0 Å². The van der Waals surface area contributed by atoms with Crippen LogP contribution in [0.1, 0.15) is 17.1 Å². The zero-order chi connectivity index (χ0) is 15.0. The molecule has 0 unspecified atom stereocenters. The third kappa shape index (κ3) is 2.18. The van der Waals surface area contributed by atoms with Crippen molar-refractivity contribution < 1.29 is 0 Å². The summed E-state index contributed by atoms with van der Waals surface area (Å²) in [4.78, 5) is 4.58. The average Bonchev–Trinajstić information content (AvgIpc) is 2.99. The van der Waals surface area contributed by atoms with E-state index in [9.17, 15) is 0 Å². The van der Waals surface area contributed by atoms with Crippen molar-refractivity contribution in [3.8, 4) is 11.8 Å². The molecule has 0 atom stereocenters. The van der Waals surface area contributed by atoms with E-state index in [0.717, 1.165) is 33.9 Å². The number of hydrogen-bond acceptors (Lipinski definition) is 3. The lowest BCUT2D eigenvalue weighted by Gasteiger charge is -2.08. The lowest BCUT2D eigenvalue weighted by atomic mass is 10.1. The van der Waals surface area contributed by atoms with Gasteiger partial charge >= 0.3 is 0 Å². The van der Waals surface area contributed by atoms with Gasteiger partial charge in [-0.2, -0.15) is 10.4 Å². The van der Waals surface area contributed by atoms with Crippen molar-refractivity contribution in [1.29, 1.82) is 5.26 Å². The number of benzene rings is 1. The van der Waals surface area contributed by atoms with E-state index in [0.29, 0.717) is 12.3 Å². The minimum atomic E-state index is 0.327. The van der Waals surface area contributed by atoms with Crippen molar-refractivity contribution in [2.45, 2.75) is 19.2 Å². The monoisotopic (exact) mass is 299 g/mol. The Morgan fingerprint density at radius 3 is 2.62 bits per heavy atom. The molecule has 0 saturated carbocycles. The molecule has 1 aromatic carbocycles. The first-order chi connectivity index (χ1) is 10.2. The number of aromatic nitrogens is 4. The maximum absolute atomic E-state index is 8.74. The lowest BCUT2D eigenvalue weighted by molar-refractivity contribution is 0.755. The van der Waals surface area contributed by atoms with Gasteiger partial charge in [0.05, 0.1) is 24.1 Å². The molecule has 0 spiro atoms. The number of imidazole rings is 1. The topological polar surface area (TPSA) is 59.4 Å². The van der Waals surface area contributed by atoms with Crippen LogP contribution >= 0.6 is 11.6 Å². The molecule has 106 valence electrons. The number of rotatable bonds is 3. The molecule has 2 aromatic heterocycles. The Morgan fingerprint density at radius 2 is 2.00 bits per heavy atom. The van der Waals surface area contributed by atoms with Crippen LogP contribution in [0, 0.1) is 18.3 Å². The van der Waals surface area contributed by atoms with Crippen molar-refractivity contribution in [3.05, 3.63) is 41.3 Å². The van der Waals surface area contributed by atoms with Crippen LogP contribution in [0.15, 0.2) is 24.3 Å². The summed E-state index contributed by atoms with van der Waals surface area (Å²) in [5.74, 6) is 1.12. The maximum atomic E-state index is 8.74. The Balaban J connectivity index is 2.21. The number of aryl methyl sites for hydroxylation is 2. The molecule has 2 heterocycles. The standard InChI is InChI=1S/C15H14ClN5/c1-10-14-15(20(2)19-10)21(13(9-16)18-14)12-5-3-11(4-6-12)7-8-17/h3-6H,7,9H2,1-2H3. The molecule has 5 nitrogen and oxygen atoms in total. The predicted molar refractivity (Wildman–Crippen MR) is 81.4 cm³/mol. The highest BCUT2D eigenvalue weighted by molar-refractivity contribution is 6.17.